The number of carbonyl (C=O) groups excluding carboxylic acids is 1. The third kappa shape index (κ3) is 2.95. The lowest BCUT2D eigenvalue weighted by Crippen LogP contribution is -2.10. The van der Waals surface area contributed by atoms with Gasteiger partial charge in [-0.3, -0.25) is 4.79 Å². The molecule has 1 aromatic carbocycles. The van der Waals surface area contributed by atoms with Gasteiger partial charge in [-0.2, -0.15) is 4.98 Å². The van der Waals surface area contributed by atoms with Gasteiger partial charge in [-0.05, 0) is 30.5 Å². The fourth-order valence-electron chi connectivity index (χ4n) is 2.08. The molecular weight excluding hydrogens is 348 g/mol. The Morgan fingerprint density at radius 2 is 1.88 bits per heavy atom. The number of ether oxygens (including phenoxy) is 2. The van der Waals surface area contributed by atoms with E-state index in [0.717, 1.165) is 11.3 Å². The summed E-state index contributed by atoms with van der Waals surface area (Å²) >= 11 is 2.49. The average Bonchev–Trinajstić information content (AvgIpc) is 2.92. The molecule has 0 bridgehead atoms. The Morgan fingerprint density at radius 3 is 2.46 bits per heavy atom. The number of nitrogens with two attached hydrogens (primary N) is 2. The molecule has 0 saturated carbocycles. The van der Waals surface area contributed by atoms with E-state index in [9.17, 15) is 4.79 Å². The zero-order valence-corrected chi connectivity index (χ0v) is 14.5. The number of primary amides is 1. The summed E-state index contributed by atoms with van der Waals surface area (Å²) in [6.45, 7) is 0. The molecule has 0 saturated heterocycles. The fourth-order valence-corrected chi connectivity index (χ4v) is 3.43. The molecule has 4 N–H and O–H groups in total. The Balaban J connectivity index is 2.12. The highest BCUT2D eigenvalue weighted by Gasteiger charge is 2.21. The molecular formula is C15H14N4O3S2. The van der Waals surface area contributed by atoms with Crippen LogP contribution in [0, 0.1) is 0 Å². The molecule has 9 heteroatoms. The van der Waals surface area contributed by atoms with Crippen LogP contribution in [-0.2, 0) is 0 Å². The Kier molecular flexibility index (Phi) is 4.45. The Hall–Kier alpha value is -2.52. The van der Waals surface area contributed by atoms with E-state index in [1.807, 2.05) is 6.26 Å². The molecule has 0 aliphatic carbocycles. The van der Waals surface area contributed by atoms with Crippen LogP contribution in [0.15, 0.2) is 29.4 Å². The molecule has 2 aromatic heterocycles. The summed E-state index contributed by atoms with van der Waals surface area (Å²) in [5, 5.41) is 1.01. The molecule has 0 aliphatic heterocycles. The number of hydrogen-bond acceptors (Lipinski definition) is 8. The highest BCUT2D eigenvalue weighted by atomic mass is 32.2. The molecule has 124 valence electrons. The molecule has 0 unspecified atom stereocenters. The number of rotatable bonds is 5. The van der Waals surface area contributed by atoms with Crippen LogP contribution in [0.4, 0.5) is 5.69 Å². The minimum atomic E-state index is -0.600. The van der Waals surface area contributed by atoms with Crippen molar-refractivity contribution in [3.63, 3.8) is 0 Å². The van der Waals surface area contributed by atoms with Crippen LogP contribution in [0.5, 0.6) is 17.4 Å². The number of aromatic nitrogens is 2. The van der Waals surface area contributed by atoms with Crippen molar-refractivity contribution in [2.75, 3.05) is 19.1 Å². The zero-order chi connectivity index (χ0) is 17.3. The van der Waals surface area contributed by atoms with Gasteiger partial charge in [-0.25, -0.2) is 4.98 Å². The summed E-state index contributed by atoms with van der Waals surface area (Å²) in [7, 11) is 1.59. The number of amides is 1. The Bertz CT molecular complexity index is 909. The van der Waals surface area contributed by atoms with E-state index >= 15 is 0 Å². The van der Waals surface area contributed by atoms with Crippen molar-refractivity contribution in [3.05, 3.63) is 29.1 Å². The SMILES string of the molecule is COc1ccc(Oc2nc(SC)nc3sc(C(N)=O)c(N)c23)cc1. The number of methoxy groups -OCH3 is 1. The number of anilines is 1. The van der Waals surface area contributed by atoms with E-state index in [1.165, 1.54) is 11.8 Å². The lowest BCUT2D eigenvalue weighted by atomic mass is 10.3. The number of thiophene rings is 1. The van der Waals surface area contributed by atoms with Gasteiger partial charge >= 0.3 is 0 Å². The summed E-state index contributed by atoms with van der Waals surface area (Å²) in [6, 6.07) is 7.05. The van der Waals surface area contributed by atoms with E-state index in [4.69, 9.17) is 20.9 Å². The van der Waals surface area contributed by atoms with E-state index in [0.29, 0.717) is 26.9 Å². The minimum Gasteiger partial charge on any atom is -0.497 e. The van der Waals surface area contributed by atoms with Crippen molar-refractivity contribution in [3.8, 4) is 17.4 Å². The third-order valence-corrected chi connectivity index (χ3v) is 4.88. The first-order chi connectivity index (χ1) is 11.5. The second kappa shape index (κ2) is 6.54. The molecule has 24 heavy (non-hydrogen) atoms. The van der Waals surface area contributed by atoms with Gasteiger partial charge in [0.25, 0.3) is 5.91 Å². The van der Waals surface area contributed by atoms with Crippen molar-refractivity contribution in [2.45, 2.75) is 5.16 Å². The first-order valence-electron chi connectivity index (χ1n) is 6.79. The number of fused-ring (bicyclic) bond motifs is 1. The fraction of sp³-hybridized carbons (Fsp3) is 0.133. The third-order valence-electron chi connectivity index (χ3n) is 3.22. The van der Waals surface area contributed by atoms with Gasteiger partial charge in [-0.1, -0.05) is 11.8 Å². The van der Waals surface area contributed by atoms with Crippen molar-refractivity contribution >= 4 is 44.9 Å². The predicted molar refractivity (Wildman–Crippen MR) is 95.2 cm³/mol. The number of carbonyl (C=O) groups is 1. The maximum Gasteiger partial charge on any atom is 0.260 e. The van der Waals surface area contributed by atoms with Gasteiger partial charge < -0.3 is 20.9 Å². The van der Waals surface area contributed by atoms with Crippen LogP contribution < -0.4 is 20.9 Å². The van der Waals surface area contributed by atoms with E-state index in [1.54, 1.807) is 31.4 Å². The summed E-state index contributed by atoms with van der Waals surface area (Å²) in [6.07, 6.45) is 1.85. The summed E-state index contributed by atoms with van der Waals surface area (Å²) in [5.41, 5.74) is 11.7. The van der Waals surface area contributed by atoms with Crippen molar-refractivity contribution in [2.24, 2.45) is 5.73 Å². The molecule has 3 rings (SSSR count). The van der Waals surface area contributed by atoms with E-state index < -0.39 is 5.91 Å². The normalized spacial score (nSPS) is 10.8. The molecule has 0 spiro atoms. The zero-order valence-electron chi connectivity index (χ0n) is 12.9. The Labute approximate surface area is 146 Å². The number of hydrogen-bond donors (Lipinski definition) is 2. The predicted octanol–water partition coefficient (Wildman–Crippen LogP) is 2.90. The number of nitrogens with zero attached hydrogens (tertiary/aromatic N) is 2. The van der Waals surface area contributed by atoms with Crippen LogP contribution in [-0.4, -0.2) is 29.2 Å². The Morgan fingerprint density at radius 1 is 1.21 bits per heavy atom. The highest BCUT2D eigenvalue weighted by molar-refractivity contribution is 7.98. The largest absolute Gasteiger partial charge is 0.497 e. The number of benzene rings is 1. The summed E-state index contributed by atoms with van der Waals surface area (Å²) in [4.78, 5) is 21.1. The molecule has 0 radical (unpaired) electrons. The van der Waals surface area contributed by atoms with Gasteiger partial charge in [0.15, 0.2) is 5.16 Å². The van der Waals surface area contributed by atoms with Gasteiger partial charge in [-0.15, -0.1) is 11.3 Å². The first kappa shape index (κ1) is 16.3. The monoisotopic (exact) mass is 362 g/mol. The second-order valence-electron chi connectivity index (χ2n) is 4.68. The van der Waals surface area contributed by atoms with Crippen molar-refractivity contribution in [1.82, 2.24) is 9.97 Å². The topological polar surface area (TPSA) is 113 Å². The average molecular weight is 362 g/mol. The molecule has 0 fully saturated rings. The van der Waals surface area contributed by atoms with Crippen LogP contribution in [0.25, 0.3) is 10.2 Å². The summed E-state index contributed by atoms with van der Waals surface area (Å²) < 4.78 is 11.0. The standard InChI is InChI=1S/C15H14N4O3S2/c1-21-7-3-5-8(6-4-7)22-13-9-10(16)11(12(17)20)24-14(9)19-15(18-13)23-2/h3-6H,16H2,1-2H3,(H2,17,20). The molecule has 7 nitrogen and oxygen atoms in total. The van der Waals surface area contributed by atoms with Gasteiger partial charge in [0.1, 0.15) is 21.2 Å². The molecule has 2 heterocycles. The van der Waals surface area contributed by atoms with Gasteiger partial charge in [0, 0.05) is 0 Å². The van der Waals surface area contributed by atoms with Gasteiger partial charge in [0.2, 0.25) is 5.88 Å². The maximum atomic E-state index is 11.5. The molecule has 0 aliphatic rings. The molecule has 1 amide bonds. The van der Waals surface area contributed by atoms with Gasteiger partial charge in [0.05, 0.1) is 18.2 Å². The summed E-state index contributed by atoms with van der Waals surface area (Å²) in [5.74, 6) is 0.965. The number of nitrogen functional groups attached to an aromatic ring is 1. The molecule has 3 aromatic rings. The quantitative estimate of drug-likeness (QED) is 0.530. The van der Waals surface area contributed by atoms with E-state index in [-0.39, 0.29) is 16.4 Å². The van der Waals surface area contributed by atoms with Crippen molar-refractivity contribution in [1.29, 1.82) is 0 Å². The van der Waals surface area contributed by atoms with Crippen LogP contribution in [0.3, 0.4) is 0 Å². The van der Waals surface area contributed by atoms with Crippen LogP contribution in [0.1, 0.15) is 9.67 Å². The van der Waals surface area contributed by atoms with Crippen LogP contribution >= 0.6 is 23.1 Å². The lowest BCUT2D eigenvalue weighted by Gasteiger charge is -2.08. The second-order valence-corrected chi connectivity index (χ2v) is 6.45. The smallest absolute Gasteiger partial charge is 0.260 e. The maximum absolute atomic E-state index is 11.5. The first-order valence-corrected chi connectivity index (χ1v) is 8.83. The minimum absolute atomic E-state index is 0.235. The molecule has 0 atom stereocenters. The number of thioether (sulfide) groups is 1. The van der Waals surface area contributed by atoms with Crippen LogP contribution in [0.2, 0.25) is 0 Å². The highest BCUT2D eigenvalue weighted by Crippen LogP contribution is 2.40. The lowest BCUT2D eigenvalue weighted by molar-refractivity contribution is 0.100. The van der Waals surface area contributed by atoms with E-state index in [2.05, 4.69) is 9.97 Å². The van der Waals surface area contributed by atoms with Crippen molar-refractivity contribution < 1.29 is 14.3 Å².